The summed E-state index contributed by atoms with van der Waals surface area (Å²) >= 11 is 0. The molecule has 0 aliphatic carbocycles. The van der Waals surface area contributed by atoms with Gasteiger partial charge in [0.2, 0.25) is 0 Å². The molecule has 0 fully saturated rings. The predicted octanol–water partition coefficient (Wildman–Crippen LogP) is 2.90. The van der Waals surface area contributed by atoms with Crippen molar-refractivity contribution in [3.05, 3.63) is 86.1 Å². The van der Waals surface area contributed by atoms with E-state index in [9.17, 15) is 19.7 Å². The van der Waals surface area contributed by atoms with Gasteiger partial charge in [-0.3, -0.25) is 19.7 Å². The number of rotatable bonds is 6. The summed E-state index contributed by atoms with van der Waals surface area (Å²) < 4.78 is 14.8. The van der Waals surface area contributed by atoms with Crippen molar-refractivity contribution in [2.45, 2.75) is 33.0 Å². The number of para-hydroxylation sites is 2. The number of Topliss-reactive ketones (excluding diaryl/α,β-unsaturated/α-hetero) is 1. The molecule has 1 aliphatic heterocycles. The molecule has 160 valence electrons. The van der Waals surface area contributed by atoms with E-state index in [1.807, 2.05) is 42.7 Å². The minimum atomic E-state index is -0.601. The number of ketones is 1. The summed E-state index contributed by atoms with van der Waals surface area (Å²) in [5.74, 6) is 1.09. The maximum atomic E-state index is 12.9. The Morgan fingerprint density at radius 1 is 1.19 bits per heavy atom. The van der Waals surface area contributed by atoms with Crippen LogP contribution in [0.5, 0.6) is 11.5 Å². The second kappa shape index (κ2) is 8.10. The van der Waals surface area contributed by atoms with E-state index in [0.717, 1.165) is 34.3 Å². The highest BCUT2D eigenvalue weighted by molar-refractivity contribution is 5.97. The highest BCUT2D eigenvalue weighted by Gasteiger charge is 2.24. The standard InChI is InChI=1S/C22H21N3O6/c1-14-9-18(19(26)12-23-10-16(25(28)29)7-8-22(23)27)15(2)24(14)11-17-13-30-20-5-3-4-6-21(20)31-17/h3-10,17H,11-13H2,1-2H3/t17-/m1/s1. The van der Waals surface area contributed by atoms with E-state index in [2.05, 4.69) is 0 Å². The molecular weight excluding hydrogens is 402 g/mol. The van der Waals surface area contributed by atoms with Crippen molar-refractivity contribution in [1.29, 1.82) is 0 Å². The van der Waals surface area contributed by atoms with Gasteiger partial charge in [-0.2, -0.15) is 0 Å². The monoisotopic (exact) mass is 423 g/mol. The average molecular weight is 423 g/mol. The Bertz CT molecular complexity index is 1230. The zero-order valence-corrected chi connectivity index (χ0v) is 17.1. The summed E-state index contributed by atoms with van der Waals surface area (Å²) in [6.45, 7) is 4.33. The van der Waals surface area contributed by atoms with Crippen molar-refractivity contribution in [3.63, 3.8) is 0 Å². The van der Waals surface area contributed by atoms with Crippen LogP contribution < -0.4 is 15.0 Å². The molecule has 3 aromatic rings. The number of fused-ring (bicyclic) bond motifs is 1. The van der Waals surface area contributed by atoms with Crippen LogP contribution in [0.4, 0.5) is 5.69 Å². The molecule has 0 saturated carbocycles. The van der Waals surface area contributed by atoms with Crippen LogP contribution in [0, 0.1) is 24.0 Å². The molecule has 0 bridgehead atoms. The summed E-state index contributed by atoms with van der Waals surface area (Å²) in [5.41, 5.74) is 1.36. The van der Waals surface area contributed by atoms with Crippen molar-refractivity contribution < 1.29 is 19.2 Å². The van der Waals surface area contributed by atoms with Crippen LogP contribution in [0.1, 0.15) is 21.7 Å². The Hall–Kier alpha value is -3.88. The fourth-order valence-electron chi connectivity index (χ4n) is 3.71. The third kappa shape index (κ3) is 4.07. The minimum Gasteiger partial charge on any atom is -0.486 e. The molecule has 1 atom stereocenters. The van der Waals surface area contributed by atoms with Crippen LogP contribution in [-0.4, -0.2) is 32.6 Å². The molecule has 1 aromatic carbocycles. The smallest absolute Gasteiger partial charge is 0.285 e. The molecule has 1 aliphatic rings. The van der Waals surface area contributed by atoms with Gasteiger partial charge in [0, 0.05) is 29.1 Å². The molecule has 31 heavy (non-hydrogen) atoms. The number of carbonyl (C=O) groups is 1. The van der Waals surface area contributed by atoms with Gasteiger partial charge in [-0.05, 0) is 32.0 Å². The van der Waals surface area contributed by atoms with Crippen LogP contribution in [0.3, 0.4) is 0 Å². The van der Waals surface area contributed by atoms with Gasteiger partial charge in [0.25, 0.3) is 11.2 Å². The van der Waals surface area contributed by atoms with E-state index in [0.29, 0.717) is 30.2 Å². The van der Waals surface area contributed by atoms with Gasteiger partial charge in [0.05, 0.1) is 24.2 Å². The van der Waals surface area contributed by atoms with E-state index < -0.39 is 10.5 Å². The second-order valence-electron chi connectivity index (χ2n) is 7.43. The number of hydrogen-bond acceptors (Lipinski definition) is 6. The zero-order chi connectivity index (χ0) is 22.1. The lowest BCUT2D eigenvalue weighted by molar-refractivity contribution is -0.385. The molecule has 0 amide bonds. The first-order chi connectivity index (χ1) is 14.8. The third-order valence-electron chi connectivity index (χ3n) is 5.32. The van der Waals surface area contributed by atoms with E-state index in [4.69, 9.17) is 9.47 Å². The first-order valence-electron chi connectivity index (χ1n) is 9.77. The summed E-state index contributed by atoms with van der Waals surface area (Å²) in [6.07, 6.45) is 0.867. The van der Waals surface area contributed by atoms with Crippen LogP contribution in [0.15, 0.2) is 53.5 Å². The number of aryl methyl sites for hydroxylation is 1. The van der Waals surface area contributed by atoms with Gasteiger partial charge in [0.1, 0.15) is 6.61 Å². The van der Waals surface area contributed by atoms with Crippen LogP contribution in [-0.2, 0) is 13.1 Å². The fourth-order valence-corrected chi connectivity index (χ4v) is 3.71. The van der Waals surface area contributed by atoms with Crippen LogP contribution in [0.2, 0.25) is 0 Å². The van der Waals surface area contributed by atoms with E-state index in [1.165, 1.54) is 0 Å². The van der Waals surface area contributed by atoms with Crippen molar-refractivity contribution >= 4 is 11.5 Å². The largest absolute Gasteiger partial charge is 0.486 e. The van der Waals surface area contributed by atoms with Crippen molar-refractivity contribution in [2.75, 3.05) is 6.61 Å². The lowest BCUT2D eigenvalue weighted by atomic mass is 10.1. The Morgan fingerprint density at radius 3 is 2.68 bits per heavy atom. The molecule has 4 rings (SSSR count). The minimum absolute atomic E-state index is 0.220. The van der Waals surface area contributed by atoms with Gasteiger partial charge >= 0.3 is 0 Å². The molecule has 0 spiro atoms. The SMILES string of the molecule is Cc1cc(C(=O)Cn2cc([N+](=O)[O-])ccc2=O)c(C)n1C[C@@H]1COc2ccccc2O1. The maximum Gasteiger partial charge on any atom is 0.285 e. The second-order valence-corrected chi connectivity index (χ2v) is 7.43. The molecule has 9 heteroatoms. The van der Waals surface area contributed by atoms with E-state index in [1.54, 1.807) is 6.07 Å². The number of benzene rings is 1. The molecule has 0 saturated heterocycles. The highest BCUT2D eigenvalue weighted by atomic mass is 16.6. The summed E-state index contributed by atoms with van der Waals surface area (Å²) in [7, 11) is 0. The predicted molar refractivity (Wildman–Crippen MR) is 112 cm³/mol. The van der Waals surface area contributed by atoms with Crippen molar-refractivity contribution in [3.8, 4) is 11.5 Å². The summed E-state index contributed by atoms with van der Waals surface area (Å²) in [5, 5.41) is 11.0. The lowest BCUT2D eigenvalue weighted by Gasteiger charge is -2.27. The molecule has 9 nitrogen and oxygen atoms in total. The van der Waals surface area contributed by atoms with Crippen LogP contribution in [0.25, 0.3) is 0 Å². The molecule has 2 aromatic heterocycles. The van der Waals surface area contributed by atoms with Gasteiger partial charge in [-0.1, -0.05) is 12.1 Å². The number of nitrogens with zero attached hydrogens (tertiary/aromatic N) is 3. The number of hydrogen-bond donors (Lipinski definition) is 0. The number of pyridine rings is 1. The molecule has 0 unspecified atom stereocenters. The Kier molecular flexibility index (Phi) is 5.33. The number of aromatic nitrogens is 2. The first kappa shape index (κ1) is 20.4. The molecule has 0 N–H and O–H groups in total. The maximum absolute atomic E-state index is 12.9. The Morgan fingerprint density at radius 2 is 1.94 bits per heavy atom. The van der Waals surface area contributed by atoms with Gasteiger partial charge in [-0.15, -0.1) is 0 Å². The zero-order valence-electron chi connectivity index (χ0n) is 17.1. The third-order valence-corrected chi connectivity index (χ3v) is 5.32. The molecule has 0 radical (unpaired) electrons. The number of carbonyl (C=O) groups excluding carboxylic acids is 1. The van der Waals surface area contributed by atoms with Crippen LogP contribution >= 0.6 is 0 Å². The topological polar surface area (TPSA) is 106 Å². The van der Waals surface area contributed by atoms with Crippen molar-refractivity contribution in [2.24, 2.45) is 0 Å². The highest BCUT2D eigenvalue weighted by Crippen LogP contribution is 2.31. The molecule has 3 heterocycles. The molecular formula is C22H21N3O6. The first-order valence-corrected chi connectivity index (χ1v) is 9.77. The van der Waals surface area contributed by atoms with E-state index in [-0.39, 0.29) is 24.1 Å². The number of nitro groups is 1. The van der Waals surface area contributed by atoms with Gasteiger partial charge < -0.3 is 18.6 Å². The Labute approximate surface area is 177 Å². The summed E-state index contributed by atoms with van der Waals surface area (Å²) in [6, 6.07) is 11.4. The van der Waals surface area contributed by atoms with Gasteiger partial charge in [-0.25, -0.2) is 0 Å². The quantitative estimate of drug-likeness (QED) is 0.343. The normalized spacial score (nSPS) is 15.0. The van der Waals surface area contributed by atoms with E-state index >= 15 is 0 Å². The average Bonchev–Trinajstić information content (AvgIpc) is 3.03. The summed E-state index contributed by atoms with van der Waals surface area (Å²) in [4.78, 5) is 35.3. The number of ether oxygens (including phenoxy) is 2. The lowest BCUT2D eigenvalue weighted by Crippen LogP contribution is -2.33. The Balaban J connectivity index is 1.53. The van der Waals surface area contributed by atoms with Gasteiger partial charge in [0.15, 0.2) is 23.4 Å². The fraction of sp³-hybridized carbons (Fsp3) is 0.273. The van der Waals surface area contributed by atoms with Crippen molar-refractivity contribution in [1.82, 2.24) is 9.13 Å².